The van der Waals surface area contributed by atoms with Crippen LogP contribution in [0.4, 0.5) is 5.00 Å². The Labute approximate surface area is 137 Å². The van der Waals surface area contributed by atoms with Crippen molar-refractivity contribution in [3.63, 3.8) is 0 Å². The first kappa shape index (κ1) is 15.5. The van der Waals surface area contributed by atoms with Crippen molar-refractivity contribution < 1.29 is 14.3 Å². The second kappa shape index (κ2) is 6.76. The van der Waals surface area contributed by atoms with Gasteiger partial charge in [0.25, 0.3) is 5.91 Å². The van der Waals surface area contributed by atoms with Gasteiger partial charge in [0, 0.05) is 11.0 Å². The highest BCUT2D eigenvalue weighted by Gasteiger charge is 2.24. The Morgan fingerprint density at radius 1 is 1.26 bits per heavy atom. The number of nitrogens with one attached hydrogen (secondary N) is 1. The fourth-order valence-corrected chi connectivity index (χ4v) is 3.66. The number of primary amides is 1. The third kappa shape index (κ3) is 3.49. The summed E-state index contributed by atoms with van der Waals surface area (Å²) in [6.45, 7) is 1.02. The molecule has 3 rings (SSSR count). The van der Waals surface area contributed by atoms with Crippen molar-refractivity contribution in [2.45, 2.75) is 13.0 Å². The largest absolute Gasteiger partial charge is 0.376 e. The standard InChI is InChI=1S/C17H16N2O3S/c18-16(21)15-12-8-9-22-10-13(12)23-17(15)19-14(20)7-6-11-4-2-1-3-5-11/h1-7H,8-10H2,(H2,18,21)(H,19,20). The Morgan fingerprint density at radius 2 is 2.04 bits per heavy atom. The molecule has 2 heterocycles. The number of benzene rings is 1. The molecule has 1 aromatic heterocycles. The molecule has 23 heavy (non-hydrogen) atoms. The Bertz CT molecular complexity index is 766. The van der Waals surface area contributed by atoms with E-state index in [0.717, 1.165) is 16.0 Å². The number of nitrogens with two attached hydrogens (primary N) is 1. The monoisotopic (exact) mass is 328 g/mol. The van der Waals surface area contributed by atoms with Crippen molar-refractivity contribution in [2.75, 3.05) is 11.9 Å². The van der Waals surface area contributed by atoms with Crippen LogP contribution in [0.2, 0.25) is 0 Å². The van der Waals surface area contributed by atoms with Crippen molar-refractivity contribution in [3.8, 4) is 0 Å². The molecule has 2 aromatic rings. The lowest BCUT2D eigenvalue weighted by molar-refractivity contribution is -0.111. The normalized spacial score (nSPS) is 13.7. The number of ether oxygens (including phenoxy) is 1. The van der Waals surface area contributed by atoms with E-state index in [1.54, 1.807) is 6.08 Å². The van der Waals surface area contributed by atoms with Gasteiger partial charge in [-0.05, 0) is 23.6 Å². The maximum atomic E-state index is 12.1. The lowest BCUT2D eigenvalue weighted by Gasteiger charge is -2.12. The predicted molar refractivity (Wildman–Crippen MR) is 90.3 cm³/mol. The van der Waals surface area contributed by atoms with E-state index >= 15 is 0 Å². The third-order valence-corrected chi connectivity index (χ3v) is 4.65. The summed E-state index contributed by atoms with van der Waals surface area (Å²) in [5.41, 5.74) is 7.72. The maximum absolute atomic E-state index is 12.1. The van der Waals surface area contributed by atoms with E-state index in [1.807, 2.05) is 30.3 Å². The van der Waals surface area contributed by atoms with E-state index in [0.29, 0.717) is 30.2 Å². The minimum absolute atomic E-state index is 0.295. The molecule has 118 valence electrons. The van der Waals surface area contributed by atoms with E-state index in [4.69, 9.17) is 10.5 Å². The molecule has 0 saturated carbocycles. The van der Waals surface area contributed by atoms with Crippen molar-refractivity contribution in [1.29, 1.82) is 0 Å². The van der Waals surface area contributed by atoms with Gasteiger partial charge in [0.15, 0.2) is 0 Å². The first-order valence-electron chi connectivity index (χ1n) is 7.21. The van der Waals surface area contributed by atoms with Crippen molar-refractivity contribution in [2.24, 2.45) is 5.73 Å². The van der Waals surface area contributed by atoms with Crippen molar-refractivity contribution in [3.05, 3.63) is 58.0 Å². The van der Waals surface area contributed by atoms with Crippen LogP contribution in [0.3, 0.4) is 0 Å². The molecule has 3 N–H and O–H groups in total. The van der Waals surface area contributed by atoms with Crippen LogP contribution in [0.15, 0.2) is 36.4 Å². The fourth-order valence-electron chi connectivity index (χ4n) is 2.47. The number of hydrogen-bond donors (Lipinski definition) is 2. The second-order valence-electron chi connectivity index (χ2n) is 5.11. The highest BCUT2D eigenvalue weighted by atomic mass is 32.1. The summed E-state index contributed by atoms with van der Waals surface area (Å²) in [6, 6.07) is 9.51. The van der Waals surface area contributed by atoms with Crippen LogP contribution in [0.25, 0.3) is 6.08 Å². The van der Waals surface area contributed by atoms with Crippen LogP contribution < -0.4 is 11.1 Å². The Hall–Kier alpha value is -2.44. The lowest BCUT2D eigenvalue weighted by atomic mass is 10.1. The molecule has 0 bridgehead atoms. The fraction of sp³-hybridized carbons (Fsp3) is 0.176. The highest BCUT2D eigenvalue weighted by molar-refractivity contribution is 7.17. The number of rotatable bonds is 4. The predicted octanol–water partition coefficient (Wildman–Crippen LogP) is 2.57. The smallest absolute Gasteiger partial charge is 0.251 e. The number of anilines is 1. The number of carbonyl (C=O) groups is 2. The van der Waals surface area contributed by atoms with E-state index in [2.05, 4.69) is 5.32 Å². The molecule has 0 radical (unpaired) electrons. The summed E-state index contributed by atoms with van der Waals surface area (Å²) in [6.07, 6.45) is 3.80. The average molecular weight is 328 g/mol. The minimum Gasteiger partial charge on any atom is -0.376 e. The summed E-state index contributed by atoms with van der Waals surface area (Å²) in [4.78, 5) is 24.8. The molecule has 1 aliphatic rings. The van der Waals surface area contributed by atoms with Gasteiger partial charge in [-0.15, -0.1) is 11.3 Å². The van der Waals surface area contributed by atoms with Gasteiger partial charge in [0.1, 0.15) is 5.00 Å². The molecular formula is C17H16N2O3S. The molecular weight excluding hydrogens is 312 g/mol. The molecule has 6 heteroatoms. The van der Waals surface area contributed by atoms with E-state index in [9.17, 15) is 9.59 Å². The summed E-state index contributed by atoms with van der Waals surface area (Å²) in [5.74, 6) is -0.817. The van der Waals surface area contributed by atoms with E-state index in [-0.39, 0.29) is 5.91 Å². The number of thiophene rings is 1. The molecule has 1 aromatic carbocycles. The zero-order valence-corrected chi connectivity index (χ0v) is 13.2. The summed E-state index contributed by atoms with van der Waals surface area (Å²) in [7, 11) is 0. The van der Waals surface area contributed by atoms with Gasteiger partial charge in [-0.25, -0.2) is 0 Å². The third-order valence-electron chi connectivity index (χ3n) is 3.53. The van der Waals surface area contributed by atoms with Crippen LogP contribution in [-0.4, -0.2) is 18.4 Å². The summed E-state index contributed by atoms with van der Waals surface area (Å²) >= 11 is 1.35. The molecule has 0 saturated heterocycles. The number of fused-ring (bicyclic) bond motifs is 1. The Morgan fingerprint density at radius 3 is 2.78 bits per heavy atom. The highest BCUT2D eigenvalue weighted by Crippen LogP contribution is 2.36. The summed E-state index contributed by atoms with van der Waals surface area (Å²) < 4.78 is 5.39. The number of carbonyl (C=O) groups excluding carboxylic acids is 2. The number of hydrogen-bond acceptors (Lipinski definition) is 4. The lowest BCUT2D eigenvalue weighted by Crippen LogP contribution is -2.18. The molecule has 1 aliphatic heterocycles. The zero-order chi connectivity index (χ0) is 16.2. The first-order valence-corrected chi connectivity index (χ1v) is 8.03. The van der Waals surface area contributed by atoms with Gasteiger partial charge in [0.05, 0.1) is 18.8 Å². The van der Waals surface area contributed by atoms with Crippen LogP contribution in [-0.2, 0) is 22.6 Å². The maximum Gasteiger partial charge on any atom is 0.251 e. The van der Waals surface area contributed by atoms with Crippen LogP contribution in [0, 0.1) is 0 Å². The SMILES string of the molecule is NC(=O)c1c(NC(=O)C=Cc2ccccc2)sc2c1CCOC2. The average Bonchev–Trinajstić information content (AvgIpc) is 2.91. The van der Waals surface area contributed by atoms with Gasteiger partial charge >= 0.3 is 0 Å². The molecule has 0 fully saturated rings. The second-order valence-corrected chi connectivity index (χ2v) is 6.21. The van der Waals surface area contributed by atoms with Gasteiger partial charge in [-0.2, -0.15) is 0 Å². The van der Waals surface area contributed by atoms with Crippen molar-refractivity contribution in [1.82, 2.24) is 0 Å². The molecule has 0 atom stereocenters. The Balaban J connectivity index is 1.80. The molecule has 5 nitrogen and oxygen atoms in total. The van der Waals surface area contributed by atoms with E-state index in [1.165, 1.54) is 17.4 Å². The van der Waals surface area contributed by atoms with Gasteiger partial charge in [-0.3, -0.25) is 9.59 Å². The Kier molecular flexibility index (Phi) is 4.55. The zero-order valence-electron chi connectivity index (χ0n) is 12.4. The van der Waals surface area contributed by atoms with Gasteiger partial charge in [-0.1, -0.05) is 30.3 Å². The first-order chi connectivity index (χ1) is 11.1. The molecule has 0 unspecified atom stereocenters. The van der Waals surface area contributed by atoms with Gasteiger partial charge in [0.2, 0.25) is 5.91 Å². The topological polar surface area (TPSA) is 81.4 Å². The van der Waals surface area contributed by atoms with Crippen LogP contribution in [0.1, 0.15) is 26.4 Å². The van der Waals surface area contributed by atoms with Gasteiger partial charge < -0.3 is 15.8 Å². The van der Waals surface area contributed by atoms with Crippen molar-refractivity contribution >= 4 is 34.2 Å². The minimum atomic E-state index is -0.522. The molecule has 0 aliphatic carbocycles. The van der Waals surface area contributed by atoms with Crippen LogP contribution >= 0.6 is 11.3 Å². The summed E-state index contributed by atoms with van der Waals surface area (Å²) in [5, 5.41) is 3.25. The molecule has 2 amide bonds. The van der Waals surface area contributed by atoms with E-state index < -0.39 is 5.91 Å². The van der Waals surface area contributed by atoms with Crippen LogP contribution in [0.5, 0.6) is 0 Å². The molecule has 0 spiro atoms. The quantitative estimate of drug-likeness (QED) is 0.846. The number of amides is 2.